The number of hydrogen-bond donors (Lipinski definition) is 0. The molecule has 0 fully saturated rings. The number of unbranched alkanes of at least 4 members (excludes halogenated alkanes) is 1. The van der Waals surface area contributed by atoms with E-state index in [-0.39, 0.29) is 0 Å². The van der Waals surface area contributed by atoms with Crippen LogP contribution in [0.4, 0.5) is 0 Å². The number of halogens is 1. The first-order valence-corrected chi connectivity index (χ1v) is 6.72. The zero-order valence-corrected chi connectivity index (χ0v) is 12.2. The van der Waals surface area contributed by atoms with Crippen molar-refractivity contribution in [3.05, 3.63) is 46.6 Å². The molecule has 1 rings (SSSR count). The van der Waals surface area contributed by atoms with Gasteiger partial charge in [0.05, 0.1) is 18.2 Å². The van der Waals surface area contributed by atoms with Crippen LogP contribution in [0.2, 0.25) is 0 Å². The highest BCUT2D eigenvalue weighted by Gasteiger charge is 2.05. The zero-order chi connectivity index (χ0) is 14.1. The lowest BCUT2D eigenvalue weighted by molar-refractivity contribution is -0.137. The highest BCUT2D eigenvalue weighted by molar-refractivity contribution is 9.10. The molecule has 1 aromatic carbocycles. The van der Waals surface area contributed by atoms with E-state index in [1.165, 1.54) is 0 Å². The minimum Gasteiger partial charge on any atom is -0.462 e. The van der Waals surface area contributed by atoms with E-state index in [2.05, 4.69) is 15.9 Å². The molecule has 0 aliphatic heterocycles. The largest absolute Gasteiger partial charge is 0.462 e. The van der Waals surface area contributed by atoms with Gasteiger partial charge in [0.2, 0.25) is 0 Å². The molecule has 4 nitrogen and oxygen atoms in total. The minimum atomic E-state index is -0.529. The Morgan fingerprint density at radius 3 is 2.84 bits per heavy atom. The second kappa shape index (κ2) is 8.48. The molecule has 1 aromatic rings. The van der Waals surface area contributed by atoms with Gasteiger partial charge < -0.3 is 9.47 Å². The number of rotatable bonds is 6. The van der Waals surface area contributed by atoms with Crippen LogP contribution in [0, 0.1) is 0 Å². The molecule has 0 aliphatic rings. The Bertz CT molecular complexity index is 468. The van der Waals surface area contributed by atoms with Gasteiger partial charge in [-0.1, -0.05) is 35.3 Å². The second-order valence-electron chi connectivity index (χ2n) is 3.74. The molecule has 0 saturated heterocycles. The first kappa shape index (κ1) is 15.4. The first-order chi connectivity index (χ1) is 9.13. The van der Waals surface area contributed by atoms with Crippen molar-refractivity contribution in [1.29, 1.82) is 0 Å². The Kier molecular flexibility index (Phi) is 6.89. The highest BCUT2D eigenvalue weighted by Crippen LogP contribution is 2.12. The van der Waals surface area contributed by atoms with E-state index in [0.717, 1.165) is 29.7 Å². The Morgan fingerprint density at radius 1 is 1.37 bits per heavy atom. The standard InChI is InChI=1S/C14H15BrO4/c1-2-3-8-18-13(16)7-9-19-14(17)11-5-4-6-12(15)10-11/h4-7,9-10H,2-3,8H2,1H3/b9-7+. The van der Waals surface area contributed by atoms with Crippen LogP contribution in [0.1, 0.15) is 30.1 Å². The smallest absolute Gasteiger partial charge is 0.342 e. The normalized spacial score (nSPS) is 10.4. The molecule has 0 unspecified atom stereocenters. The van der Waals surface area contributed by atoms with Gasteiger partial charge in [0.25, 0.3) is 0 Å². The third-order valence-electron chi connectivity index (χ3n) is 2.18. The number of carbonyl (C=O) groups excluding carboxylic acids is 2. The van der Waals surface area contributed by atoms with Gasteiger partial charge in [0.1, 0.15) is 6.26 Å². The molecule has 0 radical (unpaired) electrons. The van der Waals surface area contributed by atoms with Crippen molar-refractivity contribution in [2.45, 2.75) is 19.8 Å². The number of benzene rings is 1. The van der Waals surface area contributed by atoms with Crippen LogP contribution in [0.5, 0.6) is 0 Å². The van der Waals surface area contributed by atoms with Gasteiger partial charge >= 0.3 is 11.9 Å². The molecule has 5 heteroatoms. The van der Waals surface area contributed by atoms with Crippen molar-refractivity contribution in [1.82, 2.24) is 0 Å². The zero-order valence-electron chi connectivity index (χ0n) is 10.6. The number of hydrogen-bond acceptors (Lipinski definition) is 4. The number of carbonyl (C=O) groups is 2. The van der Waals surface area contributed by atoms with Gasteiger partial charge in [-0.3, -0.25) is 0 Å². The van der Waals surface area contributed by atoms with E-state index in [9.17, 15) is 9.59 Å². The third kappa shape index (κ3) is 6.20. The van der Waals surface area contributed by atoms with Crippen LogP contribution in [0.3, 0.4) is 0 Å². The van der Waals surface area contributed by atoms with Gasteiger partial charge in [-0.2, -0.15) is 0 Å². The van der Waals surface area contributed by atoms with Gasteiger partial charge in [0, 0.05) is 4.47 Å². The molecule has 0 bridgehead atoms. The predicted octanol–water partition coefficient (Wildman–Crippen LogP) is 3.46. The van der Waals surface area contributed by atoms with Crippen LogP contribution in [0.15, 0.2) is 41.1 Å². The molecule has 0 heterocycles. The molecular weight excluding hydrogens is 312 g/mol. The Morgan fingerprint density at radius 2 is 2.16 bits per heavy atom. The summed E-state index contributed by atoms with van der Waals surface area (Å²) in [6, 6.07) is 6.79. The topological polar surface area (TPSA) is 52.6 Å². The van der Waals surface area contributed by atoms with Gasteiger partial charge in [-0.05, 0) is 24.6 Å². The molecule has 0 saturated carbocycles. The van der Waals surface area contributed by atoms with Gasteiger partial charge in [-0.25, -0.2) is 9.59 Å². The van der Waals surface area contributed by atoms with Crippen molar-refractivity contribution < 1.29 is 19.1 Å². The summed E-state index contributed by atoms with van der Waals surface area (Å²) in [4.78, 5) is 22.8. The van der Waals surface area contributed by atoms with E-state index >= 15 is 0 Å². The van der Waals surface area contributed by atoms with Crippen molar-refractivity contribution in [2.24, 2.45) is 0 Å². The van der Waals surface area contributed by atoms with E-state index in [1.54, 1.807) is 24.3 Å². The molecule has 102 valence electrons. The SMILES string of the molecule is CCCCOC(=O)/C=C/OC(=O)c1cccc(Br)c1. The predicted molar refractivity (Wildman–Crippen MR) is 74.6 cm³/mol. The Balaban J connectivity index is 2.39. The number of esters is 2. The summed E-state index contributed by atoms with van der Waals surface area (Å²) in [5.74, 6) is -1.05. The maximum absolute atomic E-state index is 11.6. The van der Waals surface area contributed by atoms with Crippen LogP contribution < -0.4 is 0 Å². The summed E-state index contributed by atoms with van der Waals surface area (Å²) in [5.41, 5.74) is 0.401. The molecule has 0 aromatic heterocycles. The molecule has 19 heavy (non-hydrogen) atoms. The van der Waals surface area contributed by atoms with E-state index in [4.69, 9.17) is 9.47 Å². The average molecular weight is 327 g/mol. The molecular formula is C14H15BrO4. The van der Waals surface area contributed by atoms with Crippen LogP contribution in [-0.4, -0.2) is 18.5 Å². The molecule has 0 spiro atoms. The monoisotopic (exact) mass is 326 g/mol. The molecule has 0 aliphatic carbocycles. The molecule has 0 amide bonds. The van der Waals surface area contributed by atoms with Crippen LogP contribution in [-0.2, 0) is 14.3 Å². The lowest BCUT2D eigenvalue weighted by Crippen LogP contribution is -2.04. The first-order valence-electron chi connectivity index (χ1n) is 5.93. The summed E-state index contributed by atoms with van der Waals surface area (Å²) < 4.78 is 10.5. The quantitative estimate of drug-likeness (QED) is 0.347. The Labute approximate surface area is 120 Å². The van der Waals surface area contributed by atoms with Gasteiger partial charge in [0.15, 0.2) is 0 Å². The van der Waals surface area contributed by atoms with E-state index in [0.29, 0.717) is 12.2 Å². The second-order valence-corrected chi connectivity index (χ2v) is 4.66. The summed E-state index contributed by atoms with van der Waals surface area (Å²) in [7, 11) is 0. The summed E-state index contributed by atoms with van der Waals surface area (Å²) in [5, 5.41) is 0. The maximum atomic E-state index is 11.6. The van der Waals surface area contributed by atoms with Crippen molar-refractivity contribution in [2.75, 3.05) is 6.61 Å². The minimum absolute atomic E-state index is 0.374. The third-order valence-corrected chi connectivity index (χ3v) is 2.67. The van der Waals surface area contributed by atoms with Crippen molar-refractivity contribution in [3.8, 4) is 0 Å². The maximum Gasteiger partial charge on any atom is 0.342 e. The molecule has 0 atom stereocenters. The lowest BCUT2D eigenvalue weighted by Gasteiger charge is -2.01. The average Bonchev–Trinajstić information content (AvgIpc) is 2.39. The highest BCUT2D eigenvalue weighted by atomic mass is 79.9. The summed E-state index contributed by atoms with van der Waals surface area (Å²) in [6.45, 7) is 2.38. The molecule has 0 N–H and O–H groups in total. The summed E-state index contributed by atoms with van der Waals surface area (Å²) in [6.07, 6.45) is 3.90. The fraction of sp³-hybridized carbons (Fsp3) is 0.286. The van der Waals surface area contributed by atoms with E-state index in [1.807, 2.05) is 6.92 Å². The summed E-state index contributed by atoms with van der Waals surface area (Å²) >= 11 is 3.26. The Hall–Kier alpha value is -1.62. The van der Waals surface area contributed by atoms with Crippen molar-refractivity contribution >= 4 is 27.9 Å². The van der Waals surface area contributed by atoms with Crippen molar-refractivity contribution in [3.63, 3.8) is 0 Å². The van der Waals surface area contributed by atoms with E-state index < -0.39 is 11.9 Å². The van der Waals surface area contributed by atoms with Gasteiger partial charge in [-0.15, -0.1) is 0 Å². The van der Waals surface area contributed by atoms with Crippen LogP contribution in [0.25, 0.3) is 0 Å². The fourth-order valence-electron chi connectivity index (χ4n) is 1.20. The number of ether oxygens (including phenoxy) is 2. The fourth-order valence-corrected chi connectivity index (χ4v) is 1.60. The lowest BCUT2D eigenvalue weighted by atomic mass is 10.2. The van der Waals surface area contributed by atoms with Crippen LogP contribution >= 0.6 is 15.9 Å².